The monoisotopic (exact) mass is 352 g/mol. The van der Waals surface area contributed by atoms with Crippen LogP contribution in [0, 0.1) is 17.8 Å². The molecule has 0 radical (unpaired) electrons. The normalized spacial score (nSPS) is 36.9. The van der Waals surface area contributed by atoms with E-state index in [2.05, 4.69) is 6.58 Å². The van der Waals surface area contributed by atoms with E-state index in [1.165, 1.54) is 0 Å². The molecule has 4 aliphatic rings. The highest BCUT2D eigenvalue weighted by molar-refractivity contribution is 5.86. The van der Waals surface area contributed by atoms with Crippen LogP contribution in [0.3, 0.4) is 0 Å². The van der Waals surface area contributed by atoms with Gasteiger partial charge in [0.05, 0.1) is 37.4 Å². The predicted octanol–water partition coefficient (Wildman–Crippen LogP) is 1.99. The number of esters is 2. The Hall–Kier alpha value is -1.40. The Morgan fingerprint density at radius 1 is 1.08 bits per heavy atom. The molecule has 2 saturated carbocycles. The van der Waals surface area contributed by atoms with Gasteiger partial charge in [0.1, 0.15) is 0 Å². The highest BCUT2D eigenvalue weighted by atomic mass is 16.5. The van der Waals surface area contributed by atoms with Gasteiger partial charge < -0.3 is 19.3 Å². The van der Waals surface area contributed by atoms with Gasteiger partial charge in [0.25, 0.3) is 0 Å². The third-order valence-corrected chi connectivity index (χ3v) is 5.62. The van der Waals surface area contributed by atoms with Crippen molar-refractivity contribution in [3.8, 4) is 0 Å². The van der Waals surface area contributed by atoms with Crippen LogP contribution in [0.1, 0.15) is 45.4 Å². The van der Waals surface area contributed by atoms with Crippen LogP contribution in [0.2, 0.25) is 0 Å². The summed E-state index contributed by atoms with van der Waals surface area (Å²) < 4.78 is 16.3. The third kappa shape index (κ3) is 4.61. The van der Waals surface area contributed by atoms with Crippen molar-refractivity contribution in [2.45, 2.75) is 63.8 Å². The van der Waals surface area contributed by atoms with Crippen LogP contribution < -0.4 is 0 Å². The molecule has 0 aromatic rings. The van der Waals surface area contributed by atoms with Crippen LogP contribution in [-0.4, -0.2) is 48.6 Å². The molecule has 6 heteroatoms. The van der Waals surface area contributed by atoms with Crippen molar-refractivity contribution in [2.24, 2.45) is 17.8 Å². The zero-order chi connectivity index (χ0) is 18.0. The number of carbonyl (C=O) groups excluding carboxylic acids is 2. The fourth-order valence-electron chi connectivity index (χ4n) is 4.10. The standard InChI is InChI=1S/C19H28O6/c1-11(2)18(21)24-10-14-7-13(3-4-17(14)20)19(22)23-9-12-5-15-8-16(6-12)25-15/h12-17,20H,1,3-10H2,2H3. The van der Waals surface area contributed by atoms with E-state index in [9.17, 15) is 14.7 Å². The number of rotatable bonds is 6. The van der Waals surface area contributed by atoms with Crippen molar-refractivity contribution in [3.63, 3.8) is 0 Å². The first-order valence-electron chi connectivity index (χ1n) is 9.25. The Kier molecular flexibility index (Phi) is 5.79. The van der Waals surface area contributed by atoms with E-state index in [0.29, 0.717) is 49.6 Å². The summed E-state index contributed by atoms with van der Waals surface area (Å²) in [6, 6.07) is 0. The average molecular weight is 352 g/mol. The van der Waals surface area contributed by atoms with Crippen molar-refractivity contribution < 1.29 is 28.9 Å². The Bertz CT molecular complexity index is 514. The predicted molar refractivity (Wildman–Crippen MR) is 89.6 cm³/mol. The van der Waals surface area contributed by atoms with Crippen LogP contribution in [-0.2, 0) is 23.8 Å². The molecule has 2 aliphatic carbocycles. The van der Waals surface area contributed by atoms with Crippen LogP contribution in [0.15, 0.2) is 12.2 Å². The molecule has 2 bridgehead atoms. The number of fused-ring (bicyclic) bond motifs is 2. The lowest BCUT2D eigenvalue weighted by atomic mass is 9.79. The molecule has 0 aromatic heterocycles. The largest absolute Gasteiger partial charge is 0.465 e. The fourth-order valence-corrected chi connectivity index (χ4v) is 4.10. The van der Waals surface area contributed by atoms with E-state index in [0.717, 1.165) is 19.3 Å². The Labute approximate surface area is 148 Å². The quantitative estimate of drug-likeness (QED) is 0.581. The minimum atomic E-state index is -0.551. The summed E-state index contributed by atoms with van der Waals surface area (Å²) in [7, 11) is 0. The summed E-state index contributed by atoms with van der Waals surface area (Å²) in [4.78, 5) is 23.9. The van der Waals surface area contributed by atoms with Gasteiger partial charge in [-0.1, -0.05) is 6.58 Å². The van der Waals surface area contributed by atoms with Gasteiger partial charge in [-0.25, -0.2) is 4.79 Å². The molecular formula is C19H28O6. The smallest absolute Gasteiger partial charge is 0.333 e. The van der Waals surface area contributed by atoms with Crippen molar-refractivity contribution in [1.29, 1.82) is 0 Å². The summed E-state index contributed by atoms with van der Waals surface area (Å²) in [6.45, 7) is 5.69. The van der Waals surface area contributed by atoms with Gasteiger partial charge in [0.2, 0.25) is 0 Å². The molecule has 5 atom stereocenters. The minimum absolute atomic E-state index is 0.111. The molecule has 2 aliphatic heterocycles. The first-order chi connectivity index (χ1) is 11.9. The van der Waals surface area contributed by atoms with Gasteiger partial charge in [-0.15, -0.1) is 0 Å². The van der Waals surface area contributed by atoms with E-state index in [1.807, 2.05) is 0 Å². The molecule has 6 nitrogen and oxygen atoms in total. The summed E-state index contributed by atoms with van der Waals surface area (Å²) in [5.41, 5.74) is 0.329. The lowest BCUT2D eigenvalue weighted by molar-refractivity contribution is -0.184. The molecule has 5 unspecified atom stereocenters. The summed E-state index contributed by atoms with van der Waals surface area (Å²) in [6.07, 6.45) is 4.90. The second kappa shape index (κ2) is 7.87. The van der Waals surface area contributed by atoms with Crippen molar-refractivity contribution in [2.75, 3.05) is 13.2 Å². The number of hydrogen-bond acceptors (Lipinski definition) is 6. The molecule has 0 aromatic carbocycles. The molecule has 0 spiro atoms. The van der Waals surface area contributed by atoms with E-state index >= 15 is 0 Å². The number of hydrogen-bond donors (Lipinski definition) is 1. The van der Waals surface area contributed by atoms with Gasteiger partial charge in [0, 0.05) is 11.5 Å². The molecule has 4 fully saturated rings. The molecule has 140 valence electrons. The fraction of sp³-hybridized carbons (Fsp3) is 0.789. The summed E-state index contributed by atoms with van der Waals surface area (Å²) in [5.74, 6) is -0.710. The van der Waals surface area contributed by atoms with Gasteiger partial charge in [-0.05, 0) is 51.4 Å². The van der Waals surface area contributed by atoms with Crippen LogP contribution in [0.25, 0.3) is 0 Å². The molecule has 25 heavy (non-hydrogen) atoms. The second-order valence-corrected chi connectivity index (χ2v) is 7.80. The topological polar surface area (TPSA) is 82.1 Å². The van der Waals surface area contributed by atoms with Crippen LogP contribution >= 0.6 is 0 Å². The van der Waals surface area contributed by atoms with Gasteiger partial charge in [-0.2, -0.15) is 0 Å². The van der Waals surface area contributed by atoms with Crippen molar-refractivity contribution in [1.82, 2.24) is 0 Å². The van der Waals surface area contributed by atoms with Crippen LogP contribution in [0.5, 0.6) is 0 Å². The van der Waals surface area contributed by atoms with Crippen LogP contribution in [0.4, 0.5) is 0 Å². The highest BCUT2D eigenvalue weighted by Gasteiger charge is 2.40. The second-order valence-electron chi connectivity index (χ2n) is 7.80. The maximum Gasteiger partial charge on any atom is 0.333 e. The zero-order valence-corrected chi connectivity index (χ0v) is 14.8. The first-order valence-corrected chi connectivity index (χ1v) is 9.25. The van der Waals surface area contributed by atoms with Gasteiger partial charge >= 0.3 is 11.9 Å². The summed E-state index contributed by atoms with van der Waals surface area (Å²) in [5, 5.41) is 10.1. The minimum Gasteiger partial charge on any atom is -0.465 e. The Balaban J connectivity index is 1.42. The van der Waals surface area contributed by atoms with E-state index in [1.54, 1.807) is 6.92 Å². The zero-order valence-electron chi connectivity index (χ0n) is 14.8. The van der Waals surface area contributed by atoms with E-state index < -0.39 is 12.1 Å². The van der Waals surface area contributed by atoms with Crippen molar-refractivity contribution in [3.05, 3.63) is 12.2 Å². The van der Waals surface area contributed by atoms with Gasteiger partial charge in [-0.3, -0.25) is 4.79 Å². The molecule has 2 heterocycles. The molecule has 1 N–H and O–H groups in total. The molecule has 0 amide bonds. The van der Waals surface area contributed by atoms with Gasteiger partial charge in [0.15, 0.2) is 0 Å². The highest BCUT2D eigenvalue weighted by Crippen LogP contribution is 2.38. The molecule has 4 rings (SSSR count). The van der Waals surface area contributed by atoms with E-state index in [4.69, 9.17) is 14.2 Å². The maximum absolute atomic E-state index is 12.4. The lowest BCUT2D eigenvalue weighted by Crippen LogP contribution is -2.46. The average Bonchev–Trinajstić information content (AvgIpc) is 2.58. The molecular weight excluding hydrogens is 324 g/mol. The Morgan fingerprint density at radius 2 is 1.76 bits per heavy atom. The number of aliphatic hydroxyl groups is 1. The SMILES string of the molecule is C=C(C)C(=O)OCC1CC(C(=O)OCC2CC3CC(C2)O3)CCC1O. The number of carbonyl (C=O) groups is 2. The first kappa shape index (κ1) is 18.4. The number of aliphatic hydroxyl groups excluding tert-OH is 1. The maximum atomic E-state index is 12.4. The lowest BCUT2D eigenvalue weighted by Gasteiger charge is -2.45. The number of ether oxygens (including phenoxy) is 3. The van der Waals surface area contributed by atoms with E-state index in [-0.39, 0.29) is 24.4 Å². The molecule has 2 saturated heterocycles. The third-order valence-electron chi connectivity index (χ3n) is 5.62. The van der Waals surface area contributed by atoms with Crippen molar-refractivity contribution >= 4 is 11.9 Å². The Morgan fingerprint density at radius 3 is 2.40 bits per heavy atom. The summed E-state index contributed by atoms with van der Waals surface area (Å²) >= 11 is 0.